The van der Waals surface area contributed by atoms with E-state index in [-0.39, 0.29) is 17.8 Å². The summed E-state index contributed by atoms with van der Waals surface area (Å²) in [7, 11) is 0. The predicted octanol–water partition coefficient (Wildman–Crippen LogP) is 2.54. The largest absolute Gasteiger partial charge is 0.464 e. The van der Waals surface area contributed by atoms with Crippen LogP contribution < -0.4 is 5.84 Å². The number of fused-ring (bicyclic) bond motifs is 3. The summed E-state index contributed by atoms with van der Waals surface area (Å²) in [6.07, 6.45) is 0.785. The van der Waals surface area contributed by atoms with Crippen molar-refractivity contribution in [1.82, 2.24) is 5.01 Å². The third kappa shape index (κ3) is 2.54. The molecule has 1 heterocycles. The van der Waals surface area contributed by atoms with Crippen LogP contribution >= 0.6 is 0 Å². The smallest absolute Gasteiger partial charge is 0.310 e. The Morgan fingerprint density at radius 1 is 1.09 bits per heavy atom. The molecule has 1 atom stereocenters. The second-order valence-electron chi connectivity index (χ2n) is 6.34. The number of nitrogens with zero attached hydrogens (tertiary/aromatic N) is 1. The van der Waals surface area contributed by atoms with Gasteiger partial charge in [-0.05, 0) is 28.7 Å². The van der Waals surface area contributed by atoms with Gasteiger partial charge in [0, 0.05) is 19.0 Å². The SMILES string of the molecule is NN1CC[C@@H](C(=O)OCC2c3ccccc3-c3ccccc32)C1. The molecule has 2 N–H and O–H groups in total. The summed E-state index contributed by atoms with van der Waals surface area (Å²) in [6.45, 7) is 1.75. The summed E-state index contributed by atoms with van der Waals surface area (Å²) in [5.74, 6) is 5.64. The van der Waals surface area contributed by atoms with Crippen LogP contribution in [0.2, 0.25) is 0 Å². The maximum atomic E-state index is 12.3. The molecule has 23 heavy (non-hydrogen) atoms. The molecule has 0 bridgehead atoms. The molecule has 1 aliphatic carbocycles. The van der Waals surface area contributed by atoms with Crippen molar-refractivity contribution in [2.45, 2.75) is 12.3 Å². The molecule has 0 amide bonds. The van der Waals surface area contributed by atoms with Crippen molar-refractivity contribution >= 4 is 5.97 Å². The van der Waals surface area contributed by atoms with Gasteiger partial charge >= 0.3 is 5.97 Å². The van der Waals surface area contributed by atoms with Crippen LogP contribution in [0.15, 0.2) is 48.5 Å². The van der Waals surface area contributed by atoms with Crippen molar-refractivity contribution in [3.05, 3.63) is 59.7 Å². The highest BCUT2D eigenvalue weighted by Crippen LogP contribution is 2.44. The number of hydrogen-bond donors (Lipinski definition) is 1. The highest BCUT2D eigenvalue weighted by atomic mass is 16.5. The monoisotopic (exact) mass is 308 g/mol. The van der Waals surface area contributed by atoms with Crippen LogP contribution in [0.25, 0.3) is 11.1 Å². The maximum absolute atomic E-state index is 12.3. The van der Waals surface area contributed by atoms with Crippen LogP contribution in [0.1, 0.15) is 23.5 Å². The van der Waals surface area contributed by atoms with E-state index in [0.717, 1.165) is 13.0 Å². The number of benzene rings is 2. The van der Waals surface area contributed by atoms with Crippen molar-refractivity contribution < 1.29 is 9.53 Å². The van der Waals surface area contributed by atoms with Gasteiger partial charge in [-0.2, -0.15) is 0 Å². The second kappa shape index (κ2) is 5.80. The minimum atomic E-state index is -0.125. The molecule has 1 saturated heterocycles. The van der Waals surface area contributed by atoms with Gasteiger partial charge in [-0.25, -0.2) is 5.01 Å². The van der Waals surface area contributed by atoms with E-state index in [9.17, 15) is 4.79 Å². The van der Waals surface area contributed by atoms with Gasteiger partial charge in [0.25, 0.3) is 0 Å². The lowest BCUT2D eigenvalue weighted by Crippen LogP contribution is -2.30. The van der Waals surface area contributed by atoms with Crippen LogP contribution in [0, 0.1) is 5.92 Å². The third-order valence-electron chi connectivity index (χ3n) is 4.91. The molecule has 0 radical (unpaired) electrons. The van der Waals surface area contributed by atoms with Crippen LogP contribution in [0.4, 0.5) is 0 Å². The Morgan fingerprint density at radius 3 is 2.26 bits per heavy atom. The van der Waals surface area contributed by atoms with Gasteiger partial charge < -0.3 is 4.74 Å². The lowest BCUT2D eigenvalue weighted by molar-refractivity contribution is -0.148. The minimum absolute atomic E-state index is 0.0908. The Bertz CT molecular complexity index is 698. The molecule has 0 spiro atoms. The zero-order valence-electron chi connectivity index (χ0n) is 12.9. The Labute approximate surface area is 135 Å². The first-order valence-corrected chi connectivity index (χ1v) is 8.08. The van der Waals surface area contributed by atoms with Crippen LogP contribution in [-0.2, 0) is 9.53 Å². The quantitative estimate of drug-likeness (QED) is 0.699. The second-order valence-corrected chi connectivity index (χ2v) is 6.34. The molecule has 2 aromatic carbocycles. The number of rotatable bonds is 3. The van der Waals surface area contributed by atoms with Gasteiger partial charge in [-0.15, -0.1) is 0 Å². The standard InChI is InChI=1S/C19H20N2O2/c20-21-10-9-13(11-21)19(22)23-12-18-16-7-3-1-5-14(16)15-6-2-4-8-17(15)18/h1-8,13,18H,9-12,20H2/t13-/m1/s1. The molecule has 1 aliphatic heterocycles. The molecule has 0 aromatic heterocycles. The number of hydrazine groups is 1. The number of esters is 1. The van der Waals surface area contributed by atoms with E-state index >= 15 is 0 Å². The first kappa shape index (κ1) is 14.4. The number of carbonyl (C=O) groups is 1. The van der Waals surface area contributed by atoms with E-state index in [1.54, 1.807) is 5.01 Å². The Kier molecular flexibility index (Phi) is 3.63. The van der Waals surface area contributed by atoms with Crippen molar-refractivity contribution in [3.63, 3.8) is 0 Å². The topological polar surface area (TPSA) is 55.6 Å². The van der Waals surface area contributed by atoms with Gasteiger partial charge in [0.2, 0.25) is 0 Å². The fourth-order valence-electron chi connectivity index (χ4n) is 3.70. The molecule has 4 rings (SSSR count). The molecule has 2 aliphatic rings. The fraction of sp³-hybridized carbons (Fsp3) is 0.316. The first-order valence-electron chi connectivity index (χ1n) is 8.08. The van der Waals surface area contributed by atoms with Gasteiger partial charge in [0.15, 0.2) is 0 Å². The van der Waals surface area contributed by atoms with Gasteiger partial charge in [0.1, 0.15) is 6.61 Å². The first-order chi connectivity index (χ1) is 11.2. The summed E-state index contributed by atoms with van der Waals surface area (Å²) in [5.41, 5.74) is 4.98. The highest BCUT2D eigenvalue weighted by Gasteiger charge is 2.32. The normalized spacial score (nSPS) is 20.3. The molecule has 1 fully saturated rings. The lowest BCUT2D eigenvalue weighted by atomic mass is 9.98. The summed E-state index contributed by atoms with van der Waals surface area (Å²) in [6, 6.07) is 16.7. The minimum Gasteiger partial charge on any atom is -0.464 e. The zero-order valence-corrected chi connectivity index (χ0v) is 12.9. The molecule has 0 saturated carbocycles. The van der Waals surface area contributed by atoms with Gasteiger partial charge in [0.05, 0.1) is 5.92 Å². The summed E-state index contributed by atoms with van der Waals surface area (Å²) in [5, 5.41) is 1.69. The van der Waals surface area contributed by atoms with Crippen molar-refractivity contribution in [2.75, 3.05) is 19.7 Å². The summed E-state index contributed by atoms with van der Waals surface area (Å²) in [4.78, 5) is 12.3. The fourth-order valence-corrected chi connectivity index (χ4v) is 3.70. The van der Waals surface area contributed by atoms with Crippen LogP contribution in [0.5, 0.6) is 0 Å². The summed E-state index contributed by atoms with van der Waals surface area (Å²) < 4.78 is 5.65. The van der Waals surface area contributed by atoms with E-state index in [1.165, 1.54) is 22.3 Å². The average molecular weight is 308 g/mol. The molecule has 118 valence electrons. The lowest BCUT2D eigenvalue weighted by Gasteiger charge is -2.16. The van der Waals surface area contributed by atoms with E-state index in [0.29, 0.717) is 13.2 Å². The van der Waals surface area contributed by atoms with Gasteiger partial charge in [-0.1, -0.05) is 48.5 Å². The Balaban J connectivity index is 1.54. The molecule has 4 heteroatoms. The van der Waals surface area contributed by atoms with E-state index in [1.807, 2.05) is 12.1 Å². The molecule has 4 nitrogen and oxygen atoms in total. The maximum Gasteiger partial charge on any atom is 0.310 e. The van der Waals surface area contributed by atoms with Crippen LogP contribution in [-0.4, -0.2) is 30.7 Å². The van der Waals surface area contributed by atoms with Gasteiger partial charge in [-0.3, -0.25) is 10.6 Å². The van der Waals surface area contributed by atoms with Crippen molar-refractivity contribution in [2.24, 2.45) is 11.8 Å². The molecule has 2 aromatic rings. The Morgan fingerprint density at radius 2 is 1.70 bits per heavy atom. The summed E-state index contributed by atoms with van der Waals surface area (Å²) >= 11 is 0. The molecule has 0 unspecified atom stereocenters. The number of carbonyl (C=O) groups excluding carboxylic acids is 1. The highest BCUT2D eigenvalue weighted by molar-refractivity contribution is 5.79. The van der Waals surface area contributed by atoms with Crippen molar-refractivity contribution in [1.29, 1.82) is 0 Å². The number of ether oxygens (including phenoxy) is 1. The average Bonchev–Trinajstić information content (AvgIpc) is 3.15. The van der Waals surface area contributed by atoms with Crippen LogP contribution in [0.3, 0.4) is 0 Å². The molecular formula is C19H20N2O2. The number of nitrogens with two attached hydrogens (primary N) is 1. The third-order valence-corrected chi connectivity index (χ3v) is 4.91. The molecular weight excluding hydrogens is 288 g/mol. The van der Waals surface area contributed by atoms with E-state index in [2.05, 4.69) is 36.4 Å². The zero-order chi connectivity index (χ0) is 15.8. The van der Waals surface area contributed by atoms with E-state index in [4.69, 9.17) is 10.6 Å². The Hall–Kier alpha value is -2.17. The number of hydrogen-bond acceptors (Lipinski definition) is 4. The predicted molar refractivity (Wildman–Crippen MR) is 88.5 cm³/mol. The van der Waals surface area contributed by atoms with Crippen molar-refractivity contribution in [3.8, 4) is 11.1 Å². The van der Waals surface area contributed by atoms with E-state index < -0.39 is 0 Å².